The lowest BCUT2D eigenvalue weighted by Gasteiger charge is -1.94. The summed E-state index contributed by atoms with van der Waals surface area (Å²) in [5.41, 5.74) is 0.477. The highest BCUT2D eigenvalue weighted by Gasteiger charge is 1.99. The summed E-state index contributed by atoms with van der Waals surface area (Å²) in [6, 6.07) is 2.59. The lowest BCUT2D eigenvalue weighted by atomic mass is 10.3. The number of fused-ring (bicyclic) bond motifs is 1. The van der Waals surface area contributed by atoms with Gasteiger partial charge in [0.05, 0.1) is 11.7 Å². The molecule has 2 rings (SSSR count). The van der Waals surface area contributed by atoms with Gasteiger partial charge in [-0.1, -0.05) is 0 Å². The Morgan fingerprint density at radius 2 is 2.33 bits per heavy atom. The van der Waals surface area contributed by atoms with Crippen molar-refractivity contribution in [2.75, 3.05) is 0 Å². The van der Waals surface area contributed by atoms with Crippen molar-refractivity contribution in [3.63, 3.8) is 0 Å². The fourth-order valence-corrected chi connectivity index (χ4v) is 1.03. The van der Waals surface area contributed by atoms with E-state index in [0.29, 0.717) is 5.52 Å². The van der Waals surface area contributed by atoms with Crippen LogP contribution in [0.2, 0.25) is 0 Å². The first-order valence-electron chi connectivity index (χ1n) is 3.40. The van der Waals surface area contributed by atoms with Crippen LogP contribution in [0.1, 0.15) is 0 Å². The van der Waals surface area contributed by atoms with Gasteiger partial charge in [0.1, 0.15) is 11.3 Å². The average Bonchev–Trinajstić information content (AvgIpc) is 2.04. The topological polar surface area (TPSA) is 45.8 Å². The summed E-state index contributed by atoms with van der Waals surface area (Å²) in [4.78, 5) is 17.5. The summed E-state index contributed by atoms with van der Waals surface area (Å²) in [7, 11) is 0. The van der Waals surface area contributed by atoms with Gasteiger partial charge >= 0.3 is 0 Å². The molecule has 0 unspecified atom stereocenters. The number of nitrogens with zero attached hydrogens (tertiary/aromatic N) is 1. The summed E-state index contributed by atoms with van der Waals surface area (Å²) in [5.74, 6) is -0.454. The van der Waals surface area contributed by atoms with E-state index < -0.39 is 5.82 Å². The molecular formula is C8H5FN2O. The second-order valence-electron chi connectivity index (χ2n) is 2.39. The third-order valence-corrected chi connectivity index (χ3v) is 1.56. The molecule has 0 radical (unpaired) electrons. The number of hydrogen-bond donors (Lipinski definition) is 1. The van der Waals surface area contributed by atoms with E-state index in [1.807, 2.05) is 0 Å². The van der Waals surface area contributed by atoms with Crippen LogP contribution < -0.4 is 5.43 Å². The third kappa shape index (κ3) is 0.972. The van der Waals surface area contributed by atoms with Crippen molar-refractivity contribution in [1.82, 2.24) is 9.97 Å². The summed E-state index contributed by atoms with van der Waals surface area (Å²) in [6.07, 6.45) is 2.49. The molecule has 0 spiro atoms. The van der Waals surface area contributed by atoms with Crippen LogP contribution in [-0.4, -0.2) is 9.97 Å². The molecule has 2 heterocycles. The van der Waals surface area contributed by atoms with Gasteiger partial charge in [-0.25, -0.2) is 9.37 Å². The maximum absolute atomic E-state index is 12.6. The zero-order valence-corrected chi connectivity index (χ0v) is 6.04. The number of pyridine rings is 2. The fraction of sp³-hybridized carbons (Fsp3) is 0. The number of hydrogen-bond acceptors (Lipinski definition) is 2. The van der Waals surface area contributed by atoms with Gasteiger partial charge in [0.25, 0.3) is 0 Å². The maximum Gasteiger partial charge on any atom is 0.207 e. The van der Waals surface area contributed by atoms with Crippen molar-refractivity contribution in [2.45, 2.75) is 0 Å². The van der Waals surface area contributed by atoms with Gasteiger partial charge in [-0.3, -0.25) is 4.79 Å². The van der Waals surface area contributed by atoms with Crippen molar-refractivity contribution in [3.8, 4) is 0 Å². The summed E-state index contributed by atoms with van der Waals surface area (Å²) in [6.45, 7) is 0. The number of halogens is 1. The Labute approximate surface area is 66.9 Å². The predicted octanol–water partition coefficient (Wildman–Crippen LogP) is 1.06. The molecular weight excluding hydrogens is 159 g/mol. The van der Waals surface area contributed by atoms with Crippen molar-refractivity contribution in [3.05, 3.63) is 40.6 Å². The van der Waals surface area contributed by atoms with Gasteiger partial charge < -0.3 is 4.98 Å². The molecule has 2 aromatic heterocycles. The molecule has 0 fully saturated rings. The fourth-order valence-electron chi connectivity index (χ4n) is 1.03. The average molecular weight is 164 g/mol. The van der Waals surface area contributed by atoms with E-state index in [0.717, 1.165) is 6.20 Å². The quantitative estimate of drug-likeness (QED) is 0.632. The Morgan fingerprint density at radius 3 is 3.17 bits per heavy atom. The maximum atomic E-state index is 12.6. The first-order valence-corrected chi connectivity index (χ1v) is 3.40. The molecule has 0 aromatic carbocycles. The Morgan fingerprint density at radius 1 is 1.50 bits per heavy atom. The third-order valence-electron chi connectivity index (χ3n) is 1.56. The van der Waals surface area contributed by atoms with E-state index in [1.54, 1.807) is 0 Å². The molecule has 0 aliphatic rings. The largest absolute Gasteiger partial charge is 0.360 e. The van der Waals surface area contributed by atoms with Crippen LogP contribution in [0.3, 0.4) is 0 Å². The summed E-state index contributed by atoms with van der Waals surface area (Å²) < 4.78 is 12.6. The number of aromatic nitrogens is 2. The molecule has 0 aliphatic carbocycles. The van der Waals surface area contributed by atoms with Gasteiger partial charge in [0, 0.05) is 18.3 Å². The van der Waals surface area contributed by atoms with Crippen molar-refractivity contribution < 1.29 is 4.39 Å². The van der Waals surface area contributed by atoms with E-state index in [1.165, 1.54) is 18.3 Å². The predicted molar refractivity (Wildman–Crippen MR) is 42.3 cm³/mol. The van der Waals surface area contributed by atoms with Crippen molar-refractivity contribution in [2.24, 2.45) is 0 Å². The SMILES string of the molecule is O=c1cc[nH]c2cc(F)cnc12. The van der Waals surface area contributed by atoms with E-state index >= 15 is 0 Å². The molecule has 12 heavy (non-hydrogen) atoms. The van der Waals surface area contributed by atoms with E-state index in [-0.39, 0.29) is 10.9 Å². The van der Waals surface area contributed by atoms with Crippen LogP contribution >= 0.6 is 0 Å². The Kier molecular flexibility index (Phi) is 1.40. The van der Waals surface area contributed by atoms with Gasteiger partial charge in [0.15, 0.2) is 0 Å². The molecule has 2 aromatic rings. The highest BCUT2D eigenvalue weighted by molar-refractivity contribution is 5.72. The number of rotatable bonds is 0. The Hall–Kier alpha value is -1.71. The van der Waals surface area contributed by atoms with Crippen molar-refractivity contribution in [1.29, 1.82) is 0 Å². The van der Waals surface area contributed by atoms with Crippen LogP contribution in [0.25, 0.3) is 11.0 Å². The zero-order valence-electron chi connectivity index (χ0n) is 6.04. The molecule has 0 saturated carbocycles. The molecule has 0 amide bonds. The van der Waals surface area contributed by atoms with Crippen LogP contribution in [0.5, 0.6) is 0 Å². The molecule has 1 N–H and O–H groups in total. The molecule has 0 saturated heterocycles. The summed E-state index contributed by atoms with van der Waals surface area (Å²) in [5, 5.41) is 0. The van der Waals surface area contributed by atoms with E-state index in [4.69, 9.17) is 0 Å². The minimum absolute atomic E-state index is 0.205. The first-order chi connectivity index (χ1) is 5.77. The summed E-state index contributed by atoms with van der Waals surface area (Å²) >= 11 is 0. The number of H-pyrrole nitrogens is 1. The van der Waals surface area contributed by atoms with Crippen LogP contribution in [0, 0.1) is 5.82 Å². The lowest BCUT2D eigenvalue weighted by molar-refractivity contribution is 0.624. The molecule has 0 aliphatic heterocycles. The van der Waals surface area contributed by atoms with Crippen LogP contribution in [0.15, 0.2) is 29.3 Å². The molecule has 60 valence electrons. The Balaban J connectivity index is 2.96. The van der Waals surface area contributed by atoms with Crippen LogP contribution in [0.4, 0.5) is 4.39 Å². The minimum atomic E-state index is -0.454. The second kappa shape index (κ2) is 2.41. The monoisotopic (exact) mass is 164 g/mol. The standard InChI is InChI=1S/C8H5FN2O/c9-5-3-6-8(11-4-5)7(12)1-2-10-6/h1-4H,(H,10,12). The second-order valence-corrected chi connectivity index (χ2v) is 2.39. The number of aromatic amines is 1. The highest BCUT2D eigenvalue weighted by Crippen LogP contribution is 2.04. The van der Waals surface area contributed by atoms with Crippen LogP contribution in [-0.2, 0) is 0 Å². The Bertz CT molecular complexity index is 478. The smallest absolute Gasteiger partial charge is 0.207 e. The van der Waals surface area contributed by atoms with Gasteiger partial charge in [-0.15, -0.1) is 0 Å². The van der Waals surface area contributed by atoms with E-state index in [9.17, 15) is 9.18 Å². The van der Waals surface area contributed by atoms with Gasteiger partial charge in [0.2, 0.25) is 5.43 Å². The van der Waals surface area contributed by atoms with Gasteiger partial charge in [-0.2, -0.15) is 0 Å². The normalized spacial score (nSPS) is 10.4. The number of nitrogens with one attached hydrogen (secondary N) is 1. The zero-order chi connectivity index (χ0) is 8.55. The molecule has 0 atom stereocenters. The first kappa shape index (κ1) is 6.97. The van der Waals surface area contributed by atoms with Crippen molar-refractivity contribution >= 4 is 11.0 Å². The molecule has 4 heteroatoms. The highest BCUT2D eigenvalue weighted by atomic mass is 19.1. The van der Waals surface area contributed by atoms with Gasteiger partial charge in [-0.05, 0) is 0 Å². The molecule has 3 nitrogen and oxygen atoms in total. The lowest BCUT2D eigenvalue weighted by Crippen LogP contribution is -2.02. The molecule has 0 bridgehead atoms. The minimum Gasteiger partial charge on any atom is -0.360 e. The van der Waals surface area contributed by atoms with E-state index in [2.05, 4.69) is 9.97 Å².